The quantitative estimate of drug-likeness (QED) is 0.607. The minimum atomic E-state index is -0.867. The van der Waals surface area contributed by atoms with Crippen LogP contribution in [0.15, 0.2) is 0 Å². The molecule has 0 aromatic heterocycles. The van der Waals surface area contributed by atoms with Crippen LogP contribution >= 0.6 is 0 Å². The Labute approximate surface area is 72.8 Å². The van der Waals surface area contributed by atoms with Crippen LogP contribution in [0.3, 0.4) is 0 Å². The fourth-order valence-corrected chi connectivity index (χ4v) is 0.880. The highest BCUT2D eigenvalue weighted by atomic mass is 16.3. The van der Waals surface area contributed by atoms with E-state index in [1.807, 2.05) is 6.92 Å². The molecule has 0 aliphatic carbocycles. The first kappa shape index (κ1) is 11.3. The molecular weight excluding hydrogens is 156 g/mol. The smallest absolute Gasteiger partial charge is 0.160 e. The minimum absolute atomic E-state index is 0.146. The maximum Gasteiger partial charge on any atom is 0.160 e. The van der Waals surface area contributed by atoms with Crippen LogP contribution in [0.5, 0.6) is 0 Å². The Hall–Kier alpha value is -0.700. The summed E-state index contributed by atoms with van der Waals surface area (Å²) in [4.78, 5) is 21.0. The van der Waals surface area contributed by atoms with Gasteiger partial charge in [0.2, 0.25) is 0 Å². The van der Waals surface area contributed by atoms with Crippen LogP contribution in [0, 0.1) is 5.92 Å². The predicted octanol–water partition coefficient (Wildman–Crippen LogP) is 0.942. The first-order valence-electron chi connectivity index (χ1n) is 4.22. The summed E-state index contributed by atoms with van der Waals surface area (Å²) in [7, 11) is 0. The molecule has 0 aromatic rings. The Morgan fingerprint density at radius 1 is 1.50 bits per heavy atom. The Kier molecular flexibility index (Phi) is 5.54. The lowest BCUT2D eigenvalue weighted by Crippen LogP contribution is -2.16. The lowest BCUT2D eigenvalue weighted by Gasteiger charge is -2.07. The number of aliphatic hydroxyl groups is 1. The highest BCUT2D eigenvalue weighted by molar-refractivity contribution is 5.82. The van der Waals surface area contributed by atoms with Gasteiger partial charge < -0.3 is 9.90 Å². The highest BCUT2D eigenvalue weighted by Gasteiger charge is 2.10. The molecule has 0 saturated heterocycles. The Balaban J connectivity index is 3.53. The first-order valence-corrected chi connectivity index (χ1v) is 4.22. The van der Waals surface area contributed by atoms with Gasteiger partial charge in [-0.3, -0.25) is 4.79 Å². The molecule has 0 bridgehead atoms. The second-order valence-corrected chi connectivity index (χ2v) is 3.19. The highest BCUT2D eigenvalue weighted by Crippen LogP contribution is 2.09. The predicted molar refractivity (Wildman–Crippen MR) is 45.8 cm³/mol. The van der Waals surface area contributed by atoms with E-state index in [1.54, 1.807) is 0 Å². The molecular formula is C9H16O3. The molecule has 0 amide bonds. The van der Waals surface area contributed by atoms with Crippen molar-refractivity contribution in [3.05, 3.63) is 0 Å². The van der Waals surface area contributed by atoms with E-state index in [9.17, 15) is 9.59 Å². The molecule has 3 nitrogen and oxygen atoms in total. The Morgan fingerprint density at radius 2 is 2.08 bits per heavy atom. The average molecular weight is 172 g/mol. The number of hydrogen-bond donors (Lipinski definition) is 1. The standard InChI is InChI=1S/C9H16O3/c1-7(5-6-10)3-4-9(12)8(2)11/h6-8,11H,3-5H2,1-2H3. The molecule has 0 saturated carbocycles. The first-order chi connectivity index (χ1) is 5.57. The van der Waals surface area contributed by atoms with E-state index in [0.717, 1.165) is 6.29 Å². The molecule has 0 aliphatic heterocycles. The summed E-state index contributed by atoms with van der Waals surface area (Å²) in [6, 6.07) is 0. The number of carbonyl (C=O) groups is 2. The van der Waals surface area contributed by atoms with Gasteiger partial charge >= 0.3 is 0 Å². The molecule has 70 valence electrons. The van der Waals surface area contributed by atoms with E-state index in [2.05, 4.69) is 0 Å². The van der Waals surface area contributed by atoms with Gasteiger partial charge in [0, 0.05) is 12.8 Å². The van der Waals surface area contributed by atoms with Gasteiger partial charge in [-0.1, -0.05) is 6.92 Å². The van der Waals surface area contributed by atoms with Gasteiger partial charge in [0.25, 0.3) is 0 Å². The second-order valence-electron chi connectivity index (χ2n) is 3.19. The number of aldehydes is 1. The summed E-state index contributed by atoms with van der Waals surface area (Å²) >= 11 is 0. The summed E-state index contributed by atoms with van der Waals surface area (Å²) < 4.78 is 0. The molecule has 2 atom stereocenters. The van der Waals surface area contributed by atoms with Crippen LogP contribution in [-0.2, 0) is 9.59 Å². The van der Waals surface area contributed by atoms with Crippen LogP contribution in [0.1, 0.15) is 33.1 Å². The third kappa shape index (κ3) is 5.02. The van der Waals surface area contributed by atoms with Crippen LogP contribution in [0.25, 0.3) is 0 Å². The molecule has 3 heteroatoms. The zero-order chi connectivity index (χ0) is 9.56. The number of aliphatic hydroxyl groups excluding tert-OH is 1. The maximum atomic E-state index is 10.9. The minimum Gasteiger partial charge on any atom is -0.386 e. The topological polar surface area (TPSA) is 54.4 Å². The van der Waals surface area contributed by atoms with E-state index in [0.29, 0.717) is 19.3 Å². The van der Waals surface area contributed by atoms with E-state index < -0.39 is 6.10 Å². The summed E-state index contributed by atoms with van der Waals surface area (Å²) in [6.45, 7) is 3.39. The van der Waals surface area contributed by atoms with E-state index in [-0.39, 0.29) is 11.7 Å². The molecule has 0 aromatic carbocycles. The lowest BCUT2D eigenvalue weighted by atomic mass is 10.00. The molecule has 0 rings (SSSR count). The van der Waals surface area contributed by atoms with Gasteiger partial charge in [-0.15, -0.1) is 0 Å². The largest absolute Gasteiger partial charge is 0.386 e. The number of rotatable bonds is 6. The number of Topliss-reactive ketones (excluding diaryl/α,β-unsaturated/α-hetero) is 1. The van der Waals surface area contributed by atoms with Crippen LogP contribution < -0.4 is 0 Å². The van der Waals surface area contributed by atoms with E-state index in [1.165, 1.54) is 6.92 Å². The molecule has 12 heavy (non-hydrogen) atoms. The monoisotopic (exact) mass is 172 g/mol. The van der Waals surface area contributed by atoms with Crippen molar-refractivity contribution >= 4 is 12.1 Å². The van der Waals surface area contributed by atoms with E-state index >= 15 is 0 Å². The molecule has 0 aliphatic rings. The Morgan fingerprint density at radius 3 is 2.50 bits per heavy atom. The molecule has 0 fully saturated rings. The molecule has 0 radical (unpaired) electrons. The van der Waals surface area contributed by atoms with Crippen molar-refractivity contribution in [2.45, 2.75) is 39.2 Å². The SMILES string of the molecule is CC(CC=O)CCC(=O)C(C)O. The van der Waals surface area contributed by atoms with Gasteiger partial charge in [0.1, 0.15) is 12.4 Å². The third-order valence-electron chi connectivity index (χ3n) is 1.85. The number of hydrogen-bond acceptors (Lipinski definition) is 3. The average Bonchev–Trinajstić information content (AvgIpc) is 2.00. The third-order valence-corrected chi connectivity index (χ3v) is 1.85. The van der Waals surface area contributed by atoms with Gasteiger partial charge in [-0.25, -0.2) is 0 Å². The van der Waals surface area contributed by atoms with Gasteiger partial charge in [-0.05, 0) is 19.3 Å². The molecule has 1 N–H and O–H groups in total. The number of ketones is 1. The fourth-order valence-electron chi connectivity index (χ4n) is 0.880. The van der Waals surface area contributed by atoms with Crippen molar-refractivity contribution in [1.82, 2.24) is 0 Å². The van der Waals surface area contributed by atoms with Crippen molar-refractivity contribution in [3.8, 4) is 0 Å². The summed E-state index contributed by atoms with van der Waals surface area (Å²) in [6.07, 6.45) is 1.54. The lowest BCUT2D eigenvalue weighted by molar-refractivity contribution is -0.126. The second kappa shape index (κ2) is 5.89. The zero-order valence-electron chi connectivity index (χ0n) is 7.62. The van der Waals surface area contributed by atoms with Crippen LogP contribution in [-0.4, -0.2) is 23.3 Å². The van der Waals surface area contributed by atoms with Crippen LogP contribution in [0.2, 0.25) is 0 Å². The summed E-state index contributed by atoms with van der Waals surface area (Å²) in [5, 5.41) is 8.84. The summed E-state index contributed by atoms with van der Waals surface area (Å²) in [5.41, 5.74) is 0. The van der Waals surface area contributed by atoms with Crippen LogP contribution in [0.4, 0.5) is 0 Å². The van der Waals surface area contributed by atoms with Crippen molar-refractivity contribution in [2.24, 2.45) is 5.92 Å². The van der Waals surface area contributed by atoms with E-state index in [4.69, 9.17) is 5.11 Å². The maximum absolute atomic E-state index is 10.9. The molecule has 0 heterocycles. The number of carbonyl (C=O) groups excluding carboxylic acids is 2. The van der Waals surface area contributed by atoms with Gasteiger partial charge in [-0.2, -0.15) is 0 Å². The van der Waals surface area contributed by atoms with Crippen molar-refractivity contribution in [1.29, 1.82) is 0 Å². The van der Waals surface area contributed by atoms with Crippen molar-refractivity contribution < 1.29 is 14.7 Å². The van der Waals surface area contributed by atoms with Crippen molar-refractivity contribution in [2.75, 3.05) is 0 Å². The molecule has 0 spiro atoms. The van der Waals surface area contributed by atoms with Gasteiger partial charge in [0.05, 0.1) is 0 Å². The van der Waals surface area contributed by atoms with Gasteiger partial charge in [0.15, 0.2) is 5.78 Å². The zero-order valence-corrected chi connectivity index (χ0v) is 7.62. The fraction of sp³-hybridized carbons (Fsp3) is 0.778. The van der Waals surface area contributed by atoms with Crippen molar-refractivity contribution in [3.63, 3.8) is 0 Å². The molecule has 2 unspecified atom stereocenters. The Bertz CT molecular complexity index is 152. The normalized spacial score (nSPS) is 15.2. The summed E-state index contributed by atoms with van der Waals surface area (Å²) in [5.74, 6) is 0.0953.